The van der Waals surface area contributed by atoms with E-state index in [1.165, 1.54) is 5.56 Å². The molecule has 4 N–H and O–H groups in total. The lowest BCUT2D eigenvalue weighted by molar-refractivity contribution is 0.344. The minimum atomic E-state index is 0.186. The molecule has 1 saturated heterocycles. The summed E-state index contributed by atoms with van der Waals surface area (Å²) in [6.45, 7) is 7.61. The molecule has 1 fully saturated rings. The van der Waals surface area contributed by atoms with E-state index < -0.39 is 0 Å². The Bertz CT molecular complexity index is 363. The summed E-state index contributed by atoms with van der Waals surface area (Å²) in [7, 11) is 0. The van der Waals surface area contributed by atoms with E-state index in [2.05, 4.69) is 66.7 Å². The molecule has 1 aliphatic rings. The number of nitrogens with one attached hydrogen (secondary N) is 4. The van der Waals surface area contributed by atoms with E-state index in [1.807, 2.05) is 6.07 Å². The van der Waals surface area contributed by atoms with Crippen LogP contribution in [0.4, 0.5) is 0 Å². The van der Waals surface area contributed by atoms with Gasteiger partial charge >= 0.3 is 0 Å². The maximum Gasteiger partial charge on any atom is 0.0655 e. The summed E-state index contributed by atoms with van der Waals surface area (Å²) in [6.07, 6.45) is 1.12. The number of hydrogen-bond donors (Lipinski definition) is 4. The molecular formula is C14H24N4. The van der Waals surface area contributed by atoms with Crippen LogP contribution in [-0.4, -0.2) is 18.1 Å². The van der Waals surface area contributed by atoms with Crippen LogP contribution in [0.1, 0.15) is 38.8 Å². The average molecular weight is 248 g/mol. The van der Waals surface area contributed by atoms with Gasteiger partial charge in [0.15, 0.2) is 0 Å². The second-order valence-corrected chi connectivity index (χ2v) is 5.53. The van der Waals surface area contributed by atoms with Crippen LogP contribution in [0.15, 0.2) is 30.3 Å². The minimum Gasteiger partial charge on any atom is -0.310 e. The molecule has 1 aromatic carbocycles. The molecule has 0 amide bonds. The molecular weight excluding hydrogens is 224 g/mol. The van der Waals surface area contributed by atoms with Gasteiger partial charge in [-0.05, 0) is 25.8 Å². The fourth-order valence-corrected chi connectivity index (χ4v) is 2.05. The maximum absolute atomic E-state index is 3.61. The fraction of sp³-hybridized carbons (Fsp3) is 0.571. The van der Waals surface area contributed by atoms with Crippen molar-refractivity contribution < 1.29 is 0 Å². The van der Waals surface area contributed by atoms with Gasteiger partial charge in [-0.15, -0.1) is 0 Å². The van der Waals surface area contributed by atoms with E-state index in [-0.39, 0.29) is 5.54 Å². The molecule has 0 spiro atoms. The van der Waals surface area contributed by atoms with Crippen molar-refractivity contribution in [2.75, 3.05) is 6.54 Å². The summed E-state index contributed by atoms with van der Waals surface area (Å²) < 4.78 is 0. The highest BCUT2D eigenvalue weighted by Crippen LogP contribution is 2.18. The molecule has 0 radical (unpaired) electrons. The highest BCUT2D eigenvalue weighted by atomic mass is 15.7. The van der Waals surface area contributed by atoms with Crippen molar-refractivity contribution in [3.63, 3.8) is 0 Å². The maximum atomic E-state index is 3.61. The molecule has 0 bridgehead atoms. The summed E-state index contributed by atoms with van der Waals surface area (Å²) in [5.74, 6) is 0. The van der Waals surface area contributed by atoms with Gasteiger partial charge in [-0.25, -0.2) is 10.9 Å². The second kappa shape index (κ2) is 5.80. The zero-order chi connectivity index (χ0) is 13.0. The fourth-order valence-electron chi connectivity index (χ4n) is 2.05. The van der Waals surface area contributed by atoms with Crippen LogP contribution in [0.25, 0.3) is 0 Å². The summed E-state index contributed by atoms with van der Waals surface area (Å²) in [4.78, 5) is 0. The third kappa shape index (κ3) is 3.29. The van der Waals surface area contributed by atoms with Gasteiger partial charge in [0, 0.05) is 12.1 Å². The van der Waals surface area contributed by atoms with Gasteiger partial charge in [-0.3, -0.25) is 0 Å². The van der Waals surface area contributed by atoms with Gasteiger partial charge in [0.1, 0.15) is 0 Å². The first-order valence-corrected chi connectivity index (χ1v) is 6.68. The first-order chi connectivity index (χ1) is 8.62. The van der Waals surface area contributed by atoms with E-state index in [1.54, 1.807) is 0 Å². The molecule has 2 atom stereocenters. The summed E-state index contributed by atoms with van der Waals surface area (Å²) in [5.41, 5.74) is 11.1. The SMILES string of the molecule is CCC(C)(C)NCC1NNNC1c1ccccc1. The molecule has 1 aromatic rings. The Balaban J connectivity index is 1.96. The smallest absolute Gasteiger partial charge is 0.0655 e. The Morgan fingerprint density at radius 1 is 1.17 bits per heavy atom. The third-order valence-electron chi connectivity index (χ3n) is 3.73. The zero-order valence-corrected chi connectivity index (χ0v) is 11.5. The quantitative estimate of drug-likeness (QED) is 0.638. The highest BCUT2D eigenvalue weighted by Gasteiger charge is 2.28. The predicted molar refractivity (Wildman–Crippen MR) is 74.8 cm³/mol. The molecule has 2 rings (SSSR count). The third-order valence-corrected chi connectivity index (χ3v) is 3.73. The van der Waals surface area contributed by atoms with Crippen molar-refractivity contribution >= 4 is 0 Å². The van der Waals surface area contributed by atoms with Gasteiger partial charge in [-0.2, -0.15) is 5.53 Å². The number of rotatable bonds is 5. The van der Waals surface area contributed by atoms with E-state index in [9.17, 15) is 0 Å². The van der Waals surface area contributed by atoms with Crippen LogP contribution in [-0.2, 0) is 0 Å². The molecule has 4 nitrogen and oxygen atoms in total. The first-order valence-electron chi connectivity index (χ1n) is 6.68. The van der Waals surface area contributed by atoms with Crippen molar-refractivity contribution in [2.45, 2.75) is 44.8 Å². The molecule has 0 aromatic heterocycles. The first kappa shape index (κ1) is 13.5. The summed E-state index contributed by atoms with van der Waals surface area (Å²) in [6, 6.07) is 11.2. The topological polar surface area (TPSA) is 48.1 Å². The Morgan fingerprint density at radius 3 is 2.56 bits per heavy atom. The van der Waals surface area contributed by atoms with Crippen LogP contribution in [0, 0.1) is 0 Å². The average Bonchev–Trinajstić information content (AvgIpc) is 2.86. The van der Waals surface area contributed by atoms with Gasteiger partial charge in [0.05, 0.1) is 12.1 Å². The Morgan fingerprint density at radius 2 is 1.89 bits per heavy atom. The number of hydrogen-bond acceptors (Lipinski definition) is 4. The lowest BCUT2D eigenvalue weighted by Crippen LogP contribution is -2.47. The van der Waals surface area contributed by atoms with E-state index in [4.69, 9.17) is 0 Å². The van der Waals surface area contributed by atoms with Gasteiger partial charge in [-0.1, -0.05) is 37.3 Å². The Hall–Kier alpha value is -0.940. The highest BCUT2D eigenvalue weighted by molar-refractivity contribution is 5.21. The van der Waals surface area contributed by atoms with Crippen molar-refractivity contribution in [2.24, 2.45) is 0 Å². The molecule has 18 heavy (non-hydrogen) atoms. The normalized spacial score (nSPS) is 24.4. The van der Waals surface area contributed by atoms with Crippen molar-refractivity contribution in [3.8, 4) is 0 Å². The van der Waals surface area contributed by atoms with Crippen molar-refractivity contribution in [1.29, 1.82) is 0 Å². The Labute approximate surface area is 109 Å². The Kier molecular flexibility index (Phi) is 4.35. The minimum absolute atomic E-state index is 0.186. The van der Waals surface area contributed by atoms with Crippen molar-refractivity contribution in [1.82, 2.24) is 21.7 Å². The number of benzene rings is 1. The predicted octanol–water partition coefficient (Wildman–Crippen LogP) is 1.49. The second-order valence-electron chi connectivity index (χ2n) is 5.53. The van der Waals surface area contributed by atoms with E-state index in [0.717, 1.165) is 13.0 Å². The lowest BCUT2D eigenvalue weighted by Gasteiger charge is -2.28. The number of hydrazine groups is 2. The molecule has 2 unspecified atom stereocenters. The van der Waals surface area contributed by atoms with Gasteiger partial charge in [0.25, 0.3) is 0 Å². The van der Waals surface area contributed by atoms with Crippen LogP contribution in [0.2, 0.25) is 0 Å². The molecule has 1 aliphatic heterocycles. The van der Waals surface area contributed by atoms with Crippen LogP contribution >= 0.6 is 0 Å². The van der Waals surface area contributed by atoms with Crippen LogP contribution < -0.4 is 21.7 Å². The lowest BCUT2D eigenvalue weighted by atomic mass is 9.98. The van der Waals surface area contributed by atoms with Gasteiger partial charge in [0.2, 0.25) is 0 Å². The molecule has 1 heterocycles. The largest absolute Gasteiger partial charge is 0.310 e. The molecule has 100 valence electrons. The monoisotopic (exact) mass is 248 g/mol. The van der Waals surface area contributed by atoms with Crippen LogP contribution in [0.3, 0.4) is 0 Å². The van der Waals surface area contributed by atoms with E-state index >= 15 is 0 Å². The summed E-state index contributed by atoms with van der Waals surface area (Å²) >= 11 is 0. The molecule has 4 heteroatoms. The standard InChI is InChI=1S/C14H24N4/c1-4-14(2,3)15-10-12-13(17-18-16-12)11-8-6-5-7-9-11/h5-9,12-13,15-18H,4,10H2,1-3H3. The van der Waals surface area contributed by atoms with E-state index in [0.29, 0.717) is 12.1 Å². The van der Waals surface area contributed by atoms with Gasteiger partial charge < -0.3 is 5.32 Å². The molecule has 0 saturated carbocycles. The summed E-state index contributed by atoms with van der Waals surface area (Å²) in [5, 5.41) is 3.61. The molecule has 0 aliphatic carbocycles. The van der Waals surface area contributed by atoms with Crippen LogP contribution in [0.5, 0.6) is 0 Å². The zero-order valence-electron chi connectivity index (χ0n) is 11.5. The van der Waals surface area contributed by atoms with Crippen molar-refractivity contribution in [3.05, 3.63) is 35.9 Å².